The Kier molecular flexibility index (Phi) is 9.98. The third-order valence-electron chi connectivity index (χ3n) is 5.49. The van der Waals surface area contributed by atoms with Crippen LogP contribution in [0.25, 0.3) is 0 Å². The average Bonchev–Trinajstić information content (AvgIpc) is 2.78. The normalized spacial score (nSPS) is 12.3. The molecule has 2 amide bonds. The van der Waals surface area contributed by atoms with Crippen molar-refractivity contribution in [3.63, 3.8) is 0 Å². The van der Waals surface area contributed by atoms with Crippen LogP contribution in [0, 0.1) is 5.92 Å². The molecular weight excluding hydrogens is 496 g/mol. The molecule has 0 spiro atoms. The number of ether oxygens (including phenoxy) is 2. The van der Waals surface area contributed by atoms with Gasteiger partial charge in [0.2, 0.25) is 5.91 Å². The summed E-state index contributed by atoms with van der Waals surface area (Å²) in [6.45, 7) is 12.8. The van der Waals surface area contributed by atoms with Crippen molar-refractivity contribution < 1.29 is 19.1 Å². The molecule has 0 aliphatic carbocycles. The smallest absolute Gasteiger partial charge is 0.261 e. The maximum Gasteiger partial charge on any atom is 0.261 e. The third kappa shape index (κ3) is 8.05. The molecule has 0 saturated heterocycles. The van der Waals surface area contributed by atoms with Crippen molar-refractivity contribution in [1.82, 2.24) is 10.2 Å². The molecule has 0 aliphatic rings. The Bertz CT molecular complexity index is 985. The summed E-state index contributed by atoms with van der Waals surface area (Å²) in [5, 5.41) is 2.92. The zero-order valence-electron chi connectivity index (χ0n) is 21.3. The summed E-state index contributed by atoms with van der Waals surface area (Å²) in [5.41, 5.74) is 2.03. The lowest BCUT2D eigenvalue weighted by molar-refractivity contribution is -0.142. The highest BCUT2D eigenvalue weighted by Crippen LogP contribution is 2.31. The van der Waals surface area contributed by atoms with Crippen molar-refractivity contribution in [1.29, 1.82) is 0 Å². The SMILES string of the molecule is COc1cccc(CN(C(=O)COc2ccc(C(C)(C)C)cc2Br)[C@H](C)C(=O)NCC(C)C)c1. The number of methoxy groups -OCH3 is 1. The number of nitrogens with zero attached hydrogens (tertiary/aromatic N) is 1. The van der Waals surface area contributed by atoms with Gasteiger partial charge < -0.3 is 19.7 Å². The van der Waals surface area contributed by atoms with Gasteiger partial charge in [-0.25, -0.2) is 0 Å². The first-order chi connectivity index (χ1) is 15.9. The summed E-state index contributed by atoms with van der Waals surface area (Å²) in [7, 11) is 1.60. The molecule has 34 heavy (non-hydrogen) atoms. The fourth-order valence-corrected chi connectivity index (χ4v) is 3.80. The quantitative estimate of drug-likeness (QED) is 0.449. The monoisotopic (exact) mass is 532 g/mol. The number of carbonyl (C=O) groups is 2. The summed E-state index contributed by atoms with van der Waals surface area (Å²) < 4.78 is 12.0. The van der Waals surface area contributed by atoms with Crippen LogP contribution in [0.2, 0.25) is 0 Å². The molecule has 1 N–H and O–H groups in total. The van der Waals surface area contributed by atoms with Gasteiger partial charge in [-0.15, -0.1) is 0 Å². The molecule has 2 aromatic rings. The largest absolute Gasteiger partial charge is 0.497 e. The fraction of sp³-hybridized carbons (Fsp3) is 0.481. The molecule has 2 rings (SSSR count). The van der Waals surface area contributed by atoms with Crippen LogP contribution in [-0.4, -0.2) is 43.0 Å². The Hall–Kier alpha value is -2.54. The molecule has 2 aromatic carbocycles. The minimum absolute atomic E-state index is 0.00316. The summed E-state index contributed by atoms with van der Waals surface area (Å²) >= 11 is 3.55. The molecule has 0 bridgehead atoms. The van der Waals surface area contributed by atoms with Gasteiger partial charge in [0.25, 0.3) is 5.91 Å². The second kappa shape index (κ2) is 12.2. The predicted octanol–water partition coefficient (Wildman–Crippen LogP) is 5.32. The molecule has 0 radical (unpaired) electrons. The molecule has 1 atom stereocenters. The van der Waals surface area contributed by atoms with E-state index in [0.29, 0.717) is 24.0 Å². The van der Waals surface area contributed by atoms with Crippen LogP contribution in [0.3, 0.4) is 0 Å². The van der Waals surface area contributed by atoms with Gasteiger partial charge in [0.1, 0.15) is 17.5 Å². The molecule has 0 aromatic heterocycles. The highest BCUT2D eigenvalue weighted by molar-refractivity contribution is 9.10. The number of halogens is 1. The number of rotatable bonds is 10. The number of nitrogens with one attached hydrogen (secondary N) is 1. The van der Waals surface area contributed by atoms with Crippen LogP contribution in [0.4, 0.5) is 0 Å². The van der Waals surface area contributed by atoms with Crippen molar-refractivity contribution in [2.45, 2.75) is 59.5 Å². The van der Waals surface area contributed by atoms with Crippen LogP contribution in [0.5, 0.6) is 11.5 Å². The van der Waals surface area contributed by atoms with Crippen molar-refractivity contribution in [3.8, 4) is 11.5 Å². The van der Waals surface area contributed by atoms with E-state index in [-0.39, 0.29) is 30.4 Å². The van der Waals surface area contributed by atoms with E-state index in [0.717, 1.165) is 15.6 Å². The van der Waals surface area contributed by atoms with Crippen LogP contribution in [-0.2, 0) is 21.5 Å². The zero-order valence-corrected chi connectivity index (χ0v) is 22.9. The van der Waals surface area contributed by atoms with Crippen LogP contribution < -0.4 is 14.8 Å². The van der Waals surface area contributed by atoms with E-state index >= 15 is 0 Å². The lowest BCUT2D eigenvalue weighted by Gasteiger charge is -2.29. The maximum atomic E-state index is 13.3. The summed E-state index contributed by atoms with van der Waals surface area (Å²) in [4.78, 5) is 27.6. The number of hydrogen-bond donors (Lipinski definition) is 1. The maximum absolute atomic E-state index is 13.3. The lowest BCUT2D eigenvalue weighted by atomic mass is 9.87. The average molecular weight is 534 g/mol. The number of carbonyl (C=O) groups excluding carboxylic acids is 2. The van der Waals surface area contributed by atoms with Gasteiger partial charge >= 0.3 is 0 Å². The third-order valence-corrected chi connectivity index (χ3v) is 6.11. The predicted molar refractivity (Wildman–Crippen MR) is 139 cm³/mol. The van der Waals surface area contributed by atoms with Crippen LogP contribution in [0.15, 0.2) is 46.9 Å². The first kappa shape index (κ1) is 27.7. The second-order valence-electron chi connectivity index (χ2n) is 9.87. The Balaban J connectivity index is 2.20. The Morgan fingerprint density at radius 1 is 1.09 bits per heavy atom. The molecule has 0 saturated carbocycles. The second-order valence-corrected chi connectivity index (χ2v) is 10.7. The minimum atomic E-state index is -0.659. The van der Waals surface area contributed by atoms with Crippen LogP contribution in [0.1, 0.15) is 52.7 Å². The summed E-state index contributed by atoms with van der Waals surface area (Å²) in [6.07, 6.45) is 0. The van der Waals surface area contributed by atoms with E-state index in [2.05, 4.69) is 42.0 Å². The molecule has 0 fully saturated rings. The molecule has 0 unspecified atom stereocenters. The Labute approximate surface area is 212 Å². The van der Waals surface area contributed by atoms with Crippen LogP contribution >= 0.6 is 15.9 Å². The number of benzene rings is 2. The van der Waals surface area contributed by atoms with E-state index in [4.69, 9.17) is 9.47 Å². The van der Waals surface area contributed by atoms with Crippen molar-refractivity contribution in [2.24, 2.45) is 5.92 Å². The van der Waals surface area contributed by atoms with Gasteiger partial charge in [-0.3, -0.25) is 9.59 Å². The van der Waals surface area contributed by atoms with Gasteiger partial charge in [0, 0.05) is 13.1 Å². The Morgan fingerprint density at radius 2 is 1.79 bits per heavy atom. The highest BCUT2D eigenvalue weighted by atomic mass is 79.9. The van der Waals surface area contributed by atoms with Gasteiger partial charge in [-0.2, -0.15) is 0 Å². The van der Waals surface area contributed by atoms with Crippen molar-refractivity contribution in [3.05, 3.63) is 58.1 Å². The van der Waals surface area contributed by atoms with Gasteiger partial charge in [-0.05, 0) is 69.6 Å². The molecule has 0 heterocycles. The van der Waals surface area contributed by atoms with Gasteiger partial charge in [-0.1, -0.05) is 52.8 Å². The van der Waals surface area contributed by atoms with E-state index in [1.54, 1.807) is 18.9 Å². The highest BCUT2D eigenvalue weighted by Gasteiger charge is 2.27. The van der Waals surface area contributed by atoms with E-state index in [1.807, 2.05) is 56.3 Å². The molecule has 0 aliphatic heterocycles. The fourth-order valence-electron chi connectivity index (χ4n) is 3.31. The van der Waals surface area contributed by atoms with Gasteiger partial charge in [0.15, 0.2) is 6.61 Å². The first-order valence-corrected chi connectivity index (χ1v) is 12.3. The van der Waals surface area contributed by atoms with Crippen molar-refractivity contribution >= 4 is 27.7 Å². The number of hydrogen-bond acceptors (Lipinski definition) is 4. The minimum Gasteiger partial charge on any atom is -0.497 e. The topological polar surface area (TPSA) is 67.9 Å². The molecule has 186 valence electrons. The summed E-state index contributed by atoms with van der Waals surface area (Å²) in [6, 6.07) is 12.7. The first-order valence-electron chi connectivity index (χ1n) is 11.5. The molecule has 7 heteroatoms. The number of amides is 2. The van der Waals surface area contributed by atoms with E-state index in [1.165, 1.54) is 0 Å². The standard InChI is InChI=1S/C27H37BrN2O4/c1-18(2)15-29-26(32)19(3)30(16-20-9-8-10-22(13-20)33-7)25(31)17-34-24-12-11-21(14-23(24)28)27(4,5)6/h8-14,18-19H,15-17H2,1-7H3,(H,29,32)/t19-/m1/s1. The van der Waals surface area contributed by atoms with E-state index < -0.39 is 6.04 Å². The molecule has 6 nitrogen and oxygen atoms in total. The Morgan fingerprint density at radius 3 is 2.38 bits per heavy atom. The lowest BCUT2D eigenvalue weighted by Crippen LogP contribution is -2.49. The van der Waals surface area contributed by atoms with Gasteiger partial charge in [0.05, 0.1) is 11.6 Å². The van der Waals surface area contributed by atoms with E-state index in [9.17, 15) is 9.59 Å². The summed E-state index contributed by atoms with van der Waals surface area (Å²) in [5.74, 6) is 1.12. The van der Waals surface area contributed by atoms with Crippen molar-refractivity contribution in [2.75, 3.05) is 20.3 Å². The molecular formula is C27H37BrN2O4. The zero-order chi connectivity index (χ0) is 25.5.